The van der Waals surface area contributed by atoms with Crippen LogP contribution in [0.4, 0.5) is 13.2 Å². The fraction of sp³-hybridized carbons (Fsp3) is 0.588. The fourth-order valence-electron chi connectivity index (χ4n) is 1.87. The van der Waals surface area contributed by atoms with Crippen LogP contribution in [0, 0.1) is 0 Å². The molecule has 1 aromatic rings. The van der Waals surface area contributed by atoms with E-state index in [-0.39, 0.29) is 11.9 Å². The Morgan fingerprint density at radius 1 is 1.16 bits per heavy atom. The van der Waals surface area contributed by atoms with E-state index in [1.165, 1.54) is 12.1 Å². The van der Waals surface area contributed by atoms with Crippen LogP contribution >= 0.6 is 0 Å². The van der Waals surface area contributed by atoms with Gasteiger partial charge >= 0.3 is 6.18 Å². The Bertz CT molecular complexity index is 517. The highest BCUT2D eigenvalue weighted by Crippen LogP contribution is 2.18. The average molecular weight is 361 g/mol. The molecule has 0 aromatic heterocycles. The SMILES string of the molecule is CN=C(NCCCOC(C)C)NCc1ccc(OCC(F)(F)F)cc1. The first-order valence-electron chi connectivity index (χ1n) is 8.15. The quantitative estimate of drug-likeness (QED) is 0.403. The summed E-state index contributed by atoms with van der Waals surface area (Å²) in [5.41, 5.74) is 0.908. The molecule has 0 unspecified atom stereocenters. The van der Waals surface area contributed by atoms with Crippen molar-refractivity contribution >= 4 is 5.96 Å². The molecular weight excluding hydrogens is 335 g/mol. The summed E-state index contributed by atoms with van der Waals surface area (Å²) in [6.45, 7) is 4.61. The number of aliphatic imine (C=N–C) groups is 1. The van der Waals surface area contributed by atoms with Gasteiger partial charge < -0.3 is 20.1 Å². The van der Waals surface area contributed by atoms with Crippen molar-refractivity contribution < 1.29 is 22.6 Å². The molecule has 0 atom stereocenters. The van der Waals surface area contributed by atoms with Crippen molar-refractivity contribution in [1.29, 1.82) is 0 Å². The summed E-state index contributed by atoms with van der Waals surface area (Å²) in [6, 6.07) is 6.45. The molecule has 0 bridgehead atoms. The van der Waals surface area contributed by atoms with E-state index in [9.17, 15) is 13.2 Å². The molecular formula is C17H26F3N3O2. The summed E-state index contributed by atoms with van der Waals surface area (Å²) >= 11 is 0. The zero-order valence-corrected chi connectivity index (χ0v) is 14.8. The van der Waals surface area contributed by atoms with Crippen LogP contribution in [0.3, 0.4) is 0 Å². The van der Waals surface area contributed by atoms with E-state index in [2.05, 4.69) is 20.4 Å². The molecule has 5 nitrogen and oxygen atoms in total. The van der Waals surface area contributed by atoms with E-state index in [1.807, 2.05) is 13.8 Å². The lowest BCUT2D eigenvalue weighted by molar-refractivity contribution is -0.153. The number of alkyl halides is 3. The third-order valence-corrected chi connectivity index (χ3v) is 3.07. The highest BCUT2D eigenvalue weighted by molar-refractivity contribution is 5.79. The van der Waals surface area contributed by atoms with Gasteiger partial charge in [-0.25, -0.2) is 0 Å². The van der Waals surface area contributed by atoms with Crippen molar-refractivity contribution in [3.05, 3.63) is 29.8 Å². The molecule has 0 saturated heterocycles. The van der Waals surface area contributed by atoms with E-state index < -0.39 is 12.8 Å². The summed E-state index contributed by atoms with van der Waals surface area (Å²) in [6.07, 6.45) is -3.25. The Hall–Kier alpha value is -1.96. The van der Waals surface area contributed by atoms with Crippen molar-refractivity contribution in [3.8, 4) is 5.75 Å². The van der Waals surface area contributed by atoms with Gasteiger partial charge in [0.1, 0.15) is 5.75 Å². The Morgan fingerprint density at radius 2 is 1.84 bits per heavy atom. The third kappa shape index (κ3) is 10.5. The molecule has 8 heteroatoms. The molecule has 0 heterocycles. The summed E-state index contributed by atoms with van der Waals surface area (Å²) in [5.74, 6) is 0.843. The minimum atomic E-state index is -4.33. The highest BCUT2D eigenvalue weighted by Gasteiger charge is 2.28. The topological polar surface area (TPSA) is 54.9 Å². The second kappa shape index (κ2) is 10.8. The minimum absolute atomic E-state index is 0.189. The van der Waals surface area contributed by atoms with Crippen LogP contribution < -0.4 is 15.4 Å². The van der Waals surface area contributed by atoms with Crippen LogP contribution in [0.1, 0.15) is 25.8 Å². The number of guanidine groups is 1. The van der Waals surface area contributed by atoms with Crippen LogP contribution in [-0.2, 0) is 11.3 Å². The zero-order chi connectivity index (χ0) is 18.7. The van der Waals surface area contributed by atoms with Crippen molar-refractivity contribution in [2.45, 2.75) is 39.1 Å². The van der Waals surface area contributed by atoms with Gasteiger partial charge in [0.15, 0.2) is 12.6 Å². The van der Waals surface area contributed by atoms with E-state index in [4.69, 9.17) is 4.74 Å². The van der Waals surface area contributed by atoms with Gasteiger partial charge in [-0.3, -0.25) is 4.99 Å². The molecule has 2 N–H and O–H groups in total. The van der Waals surface area contributed by atoms with Crippen LogP contribution in [0.2, 0.25) is 0 Å². The zero-order valence-electron chi connectivity index (χ0n) is 14.8. The van der Waals surface area contributed by atoms with E-state index in [1.54, 1.807) is 19.2 Å². The van der Waals surface area contributed by atoms with Gasteiger partial charge in [-0.2, -0.15) is 13.2 Å². The largest absolute Gasteiger partial charge is 0.484 e. The first kappa shape index (κ1) is 21.1. The monoisotopic (exact) mass is 361 g/mol. The number of hydrogen-bond acceptors (Lipinski definition) is 3. The number of halogens is 3. The molecule has 142 valence electrons. The lowest BCUT2D eigenvalue weighted by atomic mass is 10.2. The summed E-state index contributed by atoms with van der Waals surface area (Å²) in [5, 5.41) is 6.31. The van der Waals surface area contributed by atoms with Gasteiger partial charge in [0, 0.05) is 26.7 Å². The Balaban J connectivity index is 2.30. The predicted molar refractivity (Wildman–Crippen MR) is 91.9 cm³/mol. The van der Waals surface area contributed by atoms with Crippen molar-refractivity contribution in [1.82, 2.24) is 10.6 Å². The molecule has 25 heavy (non-hydrogen) atoms. The van der Waals surface area contributed by atoms with Crippen molar-refractivity contribution in [3.63, 3.8) is 0 Å². The molecule has 0 saturated carbocycles. The molecule has 1 aromatic carbocycles. The van der Waals surface area contributed by atoms with E-state index >= 15 is 0 Å². The molecule has 0 amide bonds. The highest BCUT2D eigenvalue weighted by atomic mass is 19.4. The van der Waals surface area contributed by atoms with E-state index in [0.717, 1.165) is 18.5 Å². The second-order valence-corrected chi connectivity index (χ2v) is 5.67. The van der Waals surface area contributed by atoms with Gasteiger partial charge in [0.2, 0.25) is 0 Å². The molecule has 0 aliphatic rings. The van der Waals surface area contributed by atoms with Crippen LogP contribution in [-0.4, -0.2) is 45.0 Å². The van der Waals surface area contributed by atoms with Crippen molar-refractivity contribution in [2.24, 2.45) is 4.99 Å². The maximum Gasteiger partial charge on any atom is 0.422 e. The lowest BCUT2D eigenvalue weighted by Gasteiger charge is -2.13. The van der Waals surface area contributed by atoms with Crippen LogP contribution in [0.15, 0.2) is 29.3 Å². The van der Waals surface area contributed by atoms with Crippen LogP contribution in [0.25, 0.3) is 0 Å². The normalized spacial score (nSPS) is 12.4. The molecule has 0 aliphatic heterocycles. The summed E-state index contributed by atoms with van der Waals surface area (Å²) in [4.78, 5) is 4.11. The van der Waals surface area contributed by atoms with Gasteiger partial charge in [0.05, 0.1) is 6.10 Å². The smallest absolute Gasteiger partial charge is 0.422 e. The Kier molecular flexibility index (Phi) is 9.12. The number of hydrogen-bond donors (Lipinski definition) is 2. The van der Waals surface area contributed by atoms with Gasteiger partial charge in [0.25, 0.3) is 0 Å². The number of nitrogens with one attached hydrogen (secondary N) is 2. The van der Waals surface area contributed by atoms with Gasteiger partial charge in [-0.05, 0) is 38.0 Å². The number of ether oxygens (including phenoxy) is 2. The molecule has 0 radical (unpaired) electrons. The lowest BCUT2D eigenvalue weighted by Crippen LogP contribution is -2.37. The van der Waals surface area contributed by atoms with Crippen molar-refractivity contribution in [2.75, 3.05) is 26.8 Å². The molecule has 0 spiro atoms. The Labute approximate surface area is 146 Å². The molecule has 0 fully saturated rings. The standard InChI is InChI=1S/C17H26F3N3O2/c1-13(2)24-10-4-9-22-16(21-3)23-11-14-5-7-15(8-6-14)25-12-17(18,19)20/h5-8,13H,4,9-12H2,1-3H3,(H2,21,22,23). The summed E-state index contributed by atoms with van der Waals surface area (Å²) < 4.78 is 46.4. The number of benzene rings is 1. The first-order chi connectivity index (χ1) is 11.8. The number of nitrogens with zero attached hydrogens (tertiary/aromatic N) is 1. The van der Waals surface area contributed by atoms with E-state index in [0.29, 0.717) is 19.1 Å². The third-order valence-electron chi connectivity index (χ3n) is 3.07. The first-order valence-corrected chi connectivity index (χ1v) is 8.15. The van der Waals surface area contributed by atoms with Gasteiger partial charge in [-0.1, -0.05) is 12.1 Å². The minimum Gasteiger partial charge on any atom is -0.484 e. The fourth-order valence-corrected chi connectivity index (χ4v) is 1.87. The average Bonchev–Trinajstić information content (AvgIpc) is 2.55. The number of rotatable bonds is 9. The summed E-state index contributed by atoms with van der Waals surface area (Å²) in [7, 11) is 1.67. The van der Waals surface area contributed by atoms with Crippen LogP contribution in [0.5, 0.6) is 5.75 Å². The van der Waals surface area contributed by atoms with Gasteiger partial charge in [-0.15, -0.1) is 0 Å². The second-order valence-electron chi connectivity index (χ2n) is 5.67. The Morgan fingerprint density at radius 3 is 2.40 bits per heavy atom. The predicted octanol–water partition coefficient (Wildman–Crippen LogP) is 3.11. The molecule has 0 aliphatic carbocycles. The maximum absolute atomic E-state index is 12.1. The maximum atomic E-state index is 12.1. The molecule has 1 rings (SSSR count).